The summed E-state index contributed by atoms with van der Waals surface area (Å²) in [6.45, 7) is 6.38. The maximum absolute atomic E-state index is 3.55. The van der Waals surface area contributed by atoms with Gasteiger partial charge in [0.15, 0.2) is 0 Å². The molecule has 3 heteroatoms. The molecule has 0 atom stereocenters. The van der Waals surface area contributed by atoms with Crippen molar-refractivity contribution in [3.8, 4) is 0 Å². The lowest BCUT2D eigenvalue weighted by molar-refractivity contribution is 0.190. The second kappa shape index (κ2) is 5.12. The van der Waals surface area contributed by atoms with Crippen LogP contribution in [0, 0.1) is 0 Å². The molecule has 1 heterocycles. The smallest absolute Gasteiger partial charge is 0.0457 e. The van der Waals surface area contributed by atoms with Crippen LogP contribution in [0.5, 0.6) is 0 Å². The zero-order valence-electron chi connectivity index (χ0n) is 11.7. The first-order valence-electron chi connectivity index (χ1n) is 6.44. The van der Waals surface area contributed by atoms with Crippen molar-refractivity contribution in [1.82, 2.24) is 15.2 Å². The molecule has 0 fully saturated rings. The van der Waals surface area contributed by atoms with E-state index in [4.69, 9.17) is 0 Å². The van der Waals surface area contributed by atoms with E-state index >= 15 is 0 Å². The summed E-state index contributed by atoms with van der Waals surface area (Å²) in [6.07, 6.45) is 2.00. The molecular weight excluding hydrogens is 222 g/mol. The quantitative estimate of drug-likeness (QED) is 0.848. The number of nitrogens with zero attached hydrogens (tertiary/aromatic N) is 1. The minimum absolute atomic E-state index is 0.173. The summed E-state index contributed by atoms with van der Waals surface area (Å²) < 4.78 is 0. The molecule has 0 saturated heterocycles. The summed E-state index contributed by atoms with van der Waals surface area (Å²) in [5.74, 6) is 0. The highest BCUT2D eigenvalue weighted by molar-refractivity contribution is 5.82. The van der Waals surface area contributed by atoms with Gasteiger partial charge in [-0.05, 0) is 45.6 Å². The fourth-order valence-electron chi connectivity index (χ4n) is 1.97. The number of likely N-dealkylation sites (N-methyl/N-ethyl adjacent to an activating group) is 1. The number of nitrogens with one attached hydrogen (secondary N) is 2. The number of aromatic nitrogens is 1. The minimum Gasteiger partial charge on any atom is -0.361 e. The molecule has 0 radical (unpaired) electrons. The normalized spacial score (nSPS) is 12.5. The highest BCUT2D eigenvalue weighted by atomic mass is 15.2. The Bertz CT molecular complexity index is 511. The molecular formula is C15H23N3. The Labute approximate surface area is 109 Å². The highest BCUT2D eigenvalue weighted by Crippen LogP contribution is 2.17. The van der Waals surface area contributed by atoms with Gasteiger partial charge in [0.05, 0.1) is 0 Å². The molecule has 0 aliphatic heterocycles. The third-order valence-electron chi connectivity index (χ3n) is 3.77. The van der Waals surface area contributed by atoms with Gasteiger partial charge in [-0.15, -0.1) is 0 Å². The van der Waals surface area contributed by atoms with Crippen LogP contribution in [-0.4, -0.2) is 36.1 Å². The summed E-state index contributed by atoms with van der Waals surface area (Å²) in [7, 11) is 4.24. The number of hydrogen-bond donors (Lipinski definition) is 2. The van der Waals surface area contributed by atoms with E-state index in [1.807, 2.05) is 6.20 Å². The monoisotopic (exact) mass is 245 g/mol. The fraction of sp³-hybridized carbons (Fsp3) is 0.467. The summed E-state index contributed by atoms with van der Waals surface area (Å²) in [5, 5.41) is 4.86. The number of hydrogen-bond acceptors (Lipinski definition) is 2. The van der Waals surface area contributed by atoms with Crippen molar-refractivity contribution >= 4 is 10.9 Å². The number of aromatic amines is 1. The second-order valence-corrected chi connectivity index (χ2v) is 5.67. The van der Waals surface area contributed by atoms with Gasteiger partial charge in [0.1, 0.15) is 0 Å². The SMILES string of the molecule is CN(C)C(C)(C)CNCc1cccc2[nH]ccc12. The van der Waals surface area contributed by atoms with E-state index in [0.717, 1.165) is 13.1 Å². The predicted molar refractivity (Wildman–Crippen MR) is 77.8 cm³/mol. The molecule has 0 bridgehead atoms. The van der Waals surface area contributed by atoms with Crippen LogP contribution in [0.25, 0.3) is 10.9 Å². The lowest BCUT2D eigenvalue weighted by Gasteiger charge is -2.32. The maximum Gasteiger partial charge on any atom is 0.0457 e. The van der Waals surface area contributed by atoms with E-state index in [9.17, 15) is 0 Å². The Hall–Kier alpha value is -1.32. The van der Waals surface area contributed by atoms with Crippen LogP contribution in [0.15, 0.2) is 30.5 Å². The predicted octanol–water partition coefficient (Wildman–Crippen LogP) is 2.60. The number of benzene rings is 1. The van der Waals surface area contributed by atoms with Gasteiger partial charge in [0.2, 0.25) is 0 Å². The lowest BCUT2D eigenvalue weighted by atomic mass is 10.0. The summed E-state index contributed by atoms with van der Waals surface area (Å²) in [4.78, 5) is 5.50. The Morgan fingerprint density at radius 2 is 2.00 bits per heavy atom. The van der Waals surface area contributed by atoms with Gasteiger partial charge in [0.25, 0.3) is 0 Å². The summed E-state index contributed by atoms with van der Waals surface area (Å²) >= 11 is 0. The molecule has 18 heavy (non-hydrogen) atoms. The zero-order chi connectivity index (χ0) is 13.2. The average molecular weight is 245 g/mol. The number of H-pyrrole nitrogens is 1. The zero-order valence-corrected chi connectivity index (χ0v) is 11.7. The van der Waals surface area contributed by atoms with Gasteiger partial charge in [-0.1, -0.05) is 12.1 Å². The summed E-state index contributed by atoms with van der Waals surface area (Å²) in [5.41, 5.74) is 2.73. The topological polar surface area (TPSA) is 31.1 Å². The van der Waals surface area contributed by atoms with E-state index in [0.29, 0.717) is 0 Å². The Morgan fingerprint density at radius 3 is 2.72 bits per heavy atom. The molecule has 2 aromatic rings. The molecule has 0 unspecified atom stereocenters. The van der Waals surface area contributed by atoms with Crippen LogP contribution in [0.3, 0.4) is 0 Å². The van der Waals surface area contributed by atoms with Crippen molar-refractivity contribution in [3.05, 3.63) is 36.0 Å². The van der Waals surface area contributed by atoms with Crippen LogP contribution in [0.2, 0.25) is 0 Å². The van der Waals surface area contributed by atoms with Crippen LogP contribution in [0.1, 0.15) is 19.4 Å². The van der Waals surface area contributed by atoms with Crippen LogP contribution >= 0.6 is 0 Å². The van der Waals surface area contributed by atoms with Crippen LogP contribution < -0.4 is 5.32 Å². The molecule has 1 aromatic carbocycles. The van der Waals surface area contributed by atoms with Crippen LogP contribution in [0.4, 0.5) is 0 Å². The van der Waals surface area contributed by atoms with Crippen molar-refractivity contribution < 1.29 is 0 Å². The summed E-state index contributed by atoms with van der Waals surface area (Å²) in [6, 6.07) is 8.55. The Morgan fingerprint density at radius 1 is 1.22 bits per heavy atom. The van der Waals surface area contributed by atoms with Crippen LogP contribution in [-0.2, 0) is 6.54 Å². The van der Waals surface area contributed by atoms with Gasteiger partial charge in [-0.25, -0.2) is 0 Å². The lowest BCUT2D eigenvalue weighted by Crippen LogP contribution is -2.46. The first-order valence-corrected chi connectivity index (χ1v) is 6.44. The molecule has 98 valence electrons. The van der Waals surface area contributed by atoms with E-state index in [2.05, 4.69) is 67.4 Å². The highest BCUT2D eigenvalue weighted by Gasteiger charge is 2.19. The van der Waals surface area contributed by atoms with E-state index in [1.54, 1.807) is 0 Å². The second-order valence-electron chi connectivity index (χ2n) is 5.67. The van der Waals surface area contributed by atoms with E-state index < -0.39 is 0 Å². The van der Waals surface area contributed by atoms with E-state index in [1.165, 1.54) is 16.5 Å². The average Bonchev–Trinajstić information content (AvgIpc) is 2.77. The number of fused-ring (bicyclic) bond motifs is 1. The third-order valence-corrected chi connectivity index (χ3v) is 3.77. The van der Waals surface area contributed by atoms with Gasteiger partial charge in [-0.3, -0.25) is 0 Å². The van der Waals surface area contributed by atoms with Crippen molar-refractivity contribution in [2.24, 2.45) is 0 Å². The van der Waals surface area contributed by atoms with Crippen molar-refractivity contribution in [2.45, 2.75) is 25.9 Å². The molecule has 0 aliphatic rings. The first-order chi connectivity index (χ1) is 8.50. The van der Waals surface area contributed by atoms with Crippen molar-refractivity contribution in [3.63, 3.8) is 0 Å². The van der Waals surface area contributed by atoms with Crippen molar-refractivity contribution in [1.29, 1.82) is 0 Å². The van der Waals surface area contributed by atoms with E-state index in [-0.39, 0.29) is 5.54 Å². The first kappa shape index (κ1) is 13.1. The molecule has 0 spiro atoms. The van der Waals surface area contributed by atoms with Gasteiger partial charge in [-0.2, -0.15) is 0 Å². The van der Waals surface area contributed by atoms with Gasteiger partial charge in [0, 0.05) is 35.7 Å². The Kier molecular flexibility index (Phi) is 3.73. The maximum atomic E-state index is 3.55. The molecule has 0 amide bonds. The molecule has 2 rings (SSSR count). The standard InChI is InChI=1S/C15H23N3/c1-15(2,18(3)4)11-16-10-12-6-5-7-14-13(12)8-9-17-14/h5-9,16-17H,10-11H2,1-4H3. The van der Waals surface area contributed by atoms with Gasteiger partial charge < -0.3 is 15.2 Å². The van der Waals surface area contributed by atoms with Crippen molar-refractivity contribution in [2.75, 3.05) is 20.6 Å². The molecule has 3 nitrogen and oxygen atoms in total. The third kappa shape index (κ3) is 2.74. The van der Waals surface area contributed by atoms with Gasteiger partial charge >= 0.3 is 0 Å². The minimum atomic E-state index is 0.173. The number of rotatable bonds is 5. The molecule has 0 aliphatic carbocycles. The molecule has 1 aromatic heterocycles. The fourth-order valence-corrected chi connectivity index (χ4v) is 1.97. The molecule has 0 saturated carbocycles. The molecule has 2 N–H and O–H groups in total. The Balaban J connectivity index is 2.01. The largest absolute Gasteiger partial charge is 0.361 e.